The number of amides is 1. The first-order valence-electron chi connectivity index (χ1n) is 8.77. The van der Waals surface area contributed by atoms with Gasteiger partial charge < -0.3 is 15.0 Å². The van der Waals surface area contributed by atoms with Gasteiger partial charge in [-0.25, -0.2) is 0 Å². The lowest BCUT2D eigenvalue weighted by Crippen LogP contribution is -2.34. The van der Waals surface area contributed by atoms with Crippen molar-refractivity contribution in [3.8, 4) is 0 Å². The van der Waals surface area contributed by atoms with Gasteiger partial charge in [-0.3, -0.25) is 4.79 Å². The summed E-state index contributed by atoms with van der Waals surface area (Å²) in [4.78, 5) is 14.6. The molecule has 1 saturated carbocycles. The van der Waals surface area contributed by atoms with Crippen LogP contribution >= 0.6 is 0 Å². The minimum atomic E-state index is -0.426. The Morgan fingerprint density at radius 2 is 2.13 bits per heavy atom. The van der Waals surface area contributed by atoms with E-state index in [1.807, 2.05) is 38.2 Å². The molecule has 4 nitrogen and oxygen atoms in total. The Morgan fingerprint density at radius 3 is 2.83 bits per heavy atom. The van der Waals surface area contributed by atoms with E-state index in [4.69, 9.17) is 4.74 Å². The predicted octanol–water partition coefficient (Wildman–Crippen LogP) is 4.07. The maximum absolute atomic E-state index is 12.5. The van der Waals surface area contributed by atoms with Gasteiger partial charge >= 0.3 is 0 Å². The van der Waals surface area contributed by atoms with Crippen LogP contribution < -0.4 is 10.2 Å². The van der Waals surface area contributed by atoms with E-state index in [0.717, 1.165) is 30.8 Å². The van der Waals surface area contributed by atoms with Gasteiger partial charge in [-0.05, 0) is 44.7 Å². The third kappa shape index (κ3) is 4.96. The van der Waals surface area contributed by atoms with Crippen molar-refractivity contribution >= 4 is 17.3 Å². The smallest absolute Gasteiger partial charge is 0.253 e. The van der Waals surface area contributed by atoms with Crippen molar-refractivity contribution in [2.24, 2.45) is 5.92 Å². The molecule has 3 atom stereocenters. The number of ether oxygens (including phenoxy) is 1. The van der Waals surface area contributed by atoms with Gasteiger partial charge in [0.1, 0.15) is 6.10 Å². The highest BCUT2D eigenvalue weighted by molar-refractivity contribution is 5.96. The van der Waals surface area contributed by atoms with Gasteiger partial charge in [-0.2, -0.15) is 0 Å². The average molecular weight is 318 g/mol. The third-order valence-corrected chi connectivity index (χ3v) is 4.70. The zero-order valence-corrected chi connectivity index (χ0v) is 14.8. The molecule has 0 aromatic heterocycles. The van der Waals surface area contributed by atoms with Crippen molar-refractivity contribution < 1.29 is 9.53 Å². The van der Waals surface area contributed by atoms with E-state index in [1.165, 1.54) is 12.8 Å². The van der Waals surface area contributed by atoms with Gasteiger partial charge in [0.2, 0.25) is 0 Å². The van der Waals surface area contributed by atoms with Gasteiger partial charge in [0.25, 0.3) is 5.91 Å². The van der Waals surface area contributed by atoms with Crippen LogP contribution in [0.1, 0.15) is 46.5 Å². The van der Waals surface area contributed by atoms with E-state index >= 15 is 0 Å². The molecular weight excluding hydrogens is 288 g/mol. The van der Waals surface area contributed by atoms with E-state index in [9.17, 15) is 4.79 Å². The molecule has 0 heterocycles. The summed E-state index contributed by atoms with van der Waals surface area (Å²) in [6.45, 7) is 7.09. The molecule has 0 spiro atoms. The molecule has 1 aliphatic rings. The molecule has 1 aliphatic carbocycles. The monoisotopic (exact) mass is 318 g/mol. The van der Waals surface area contributed by atoms with Crippen LogP contribution in [0.5, 0.6) is 0 Å². The molecule has 2 rings (SSSR count). The molecular formula is C19H30N2O2. The third-order valence-electron chi connectivity index (χ3n) is 4.70. The Morgan fingerprint density at radius 1 is 1.39 bits per heavy atom. The standard InChI is InChI=1S/C19H30N2O2/c1-5-21(4)18-12-7-6-11-17(18)20-19(22)15(3)23-16-10-8-9-14(2)13-16/h6-7,11-12,14-16H,5,8-10,13H2,1-4H3,(H,20,22). The number of hydrogen-bond donors (Lipinski definition) is 1. The van der Waals surface area contributed by atoms with Crippen LogP contribution in [0.3, 0.4) is 0 Å². The number of benzene rings is 1. The van der Waals surface area contributed by atoms with Crippen LogP contribution in [0, 0.1) is 5.92 Å². The van der Waals surface area contributed by atoms with Gasteiger partial charge in [0, 0.05) is 13.6 Å². The molecule has 128 valence electrons. The summed E-state index contributed by atoms with van der Waals surface area (Å²) in [5, 5.41) is 3.02. The van der Waals surface area contributed by atoms with Crippen molar-refractivity contribution in [3.05, 3.63) is 24.3 Å². The van der Waals surface area contributed by atoms with Gasteiger partial charge in [-0.1, -0.05) is 31.9 Å². The van der Waals surface area contributed by atoms with Gasteiger partial charge in [0.05, 0.1) is 17.5 Å². The van der Waals surface area contributed by atoms with E-state index < -0.39 is 6.10 Å². The fourth-order valence-electron chi connectivity index (χ4n) is 3.17. The van der Waals surface area contributed by atoms with Gasteiger partial charge in [-0.15, -0.1) is 0 Å². The number of carbonyl (C=O) groups excluding carboxylic acids is 1. The maximum atomic E-state index is 12.5. The summed E-state index contributed by atoms with van der Waals surface area (Å²) in [6, 6.07) is 7.89. The Hall–Kier alpha value is -1.55. The Labute approximate surface area is 140 Å². The van der Waals surface area contributed by atoms with Crippen molar-refractivity contribution in [1.29, 1.82) is 0 Å². The second-order valence-electron chi connectivity index (χ2n) is 6.69. The second-order valence-corrected chi connectivity index (χ2v) is 6.69. The normalized spacial score (nSPS) is 22.4. The molecule has 1 aromatic carbocycles. The van der Waals surface area contributed by atoms with Crippen molar-refractivity contribution in [2.45, 2.75) is 58.7 Å². The quantitative estimate of drug-likeness (QED) is 0.860. The van der Waals surface area contributed by atoms with Crippen LogP contribution in [0.15, 0.2) is 24.3 Å². The fraction of sp³-hybridized carbons (Fsp3) is 0.632. The lowest BCUT2D eigenvalue weighted by atomic mass is 9.88. The SMILES string of the molecule is CCN(C)c1ccccc1NC(=O)C(C)OC1CCCC(C)C1. The largest absolute Gasteiger partial charge is 0.373 e. The summed E-state index contributed by atoms with van der Waals surface area (Å²) in [6.07, 6.45) is 4.39. The highest BCUT2D eigenvalue weighted by Crippen LogP contribution is 2.27. The number of nitrogens with one attached hydrogen (secondary N) is 1. The summed E-state index contributed by atoms with van der Waals surface area (Å²) in [5.74, 6) is 0.628. The molecule has 0 bridgehead atoms. The summed E-state index contributed by atoms with van der Waals surface area (Å²) in [7, 11) is 2.02. The van der Waals surface area contributed by atoms with E-state index in [-0.39, 0.29) is 12.0 Å². The van der Waals surface area contributed by atoms with Crippen LogP contribution in [0.25, 0.3) is 0 Å². The number of para-hydroxylation sites is 2. The minimum Gasteiger partial charge on any atom is -0.373 e. The number of nitrogens with zero attached hydrogens (tertiary/aromatic N) is 1. The Bertz CT molecular complexity index is 518. The molecule has 0 aliphatic heterocycles. The first-order valence-corrected chi connectivity index (χ1v) is 8.77. The minimum absolute atomic E-state index is 0.0693. The molecule has 1 N–H and O–H groups in total. The molecule has 0 radical (unpaired) electrons. The molecule has 3 unspecified atom stereocenters. The average Bonchev–Trinajstić information content (AvgIpc) is 2.54. The van der Waals surface area contributed by atoms with Crippen LogP contribution in [-0.2, 0) is 9.53 Å². The number of anilines is 2. The zero-order valence-electron chi connectivity index (χ0n) is 14.8. The summed E-state index contributed by atoms with van der Waals surface area (Å²) < 4.78 is 6.00. The summed E-state index contributed by atoms with van der Waals surface area (Å²) >= 11 is 0. The molecule has 4 heteroatoms. The highest BCUT2D eigenvalue weighted by Gasteiger charge is 2.24. The lowest BCUT2D eigenvalue weighted by molar-refractivity contribution is -0.131. The summed E-state index contributed by atoms with van der Waals surface area (Å²) in [5.41, 5.74) is 1.87. The number of hydrogen-bond acceptors (Lipinski definition) is 3. The second kappa shape index (κ2) is 8.34. The van der Waals surface area contributed by atoms with Crippen LogP contribution in [-0.4, -0.2) is 31.7 Å². The molecule has 1 amide bonds. The molecule has 1 fully saturated rings. The Balaban J connectivity index is 1.96. The fourth-order valence-corrected chi connectivity index (χ4v) is 3.17. The van der Waals surface area contributed by atoms with Gasteiger partial charge in [0.15, 0.2) is 0 Å². The van der Waals surface area contributed by atoms with Crippen molar-refractivity contribution in [2.75, 3.05) is 23.8 Å². The molecule has 1 aromatic rings. The highest BCUT2D eigenvalue weighted by atomic mass is 16.5. The molecule has 23 heavy (non-hydrogen) atoms. The van der Waals surface area contributed by atoms with Crippen LogP contribution in [0.2, 0.25) is 0 Å². The van der Waals surface area contributed by atoms with Crippen LogP contribution in [0.4, 0.5) is 11.4 Å². The van der Waals surface area contributed by atoms with Crippen molar-refractivity contribution in [1.82, 2.24) is 0 Å². The topological polar surface area (TPSA) is 41.6 Å². The number of rotatable bonds is 6. The maximum Gasteiger partial charge on any atom is 0.253 e. The lowest BCUT2D eigenvalue weighted by Gasteiger charge is -2.29. The van der Waals surface area contributed by atoms with E-state index in [0.29, 0.717) is 5.92 Å². The number of carbonyl (C=O) groups is 1. The van der Waals surface area contributed by atoms with E-state index in [1.54, 1.807) is 0 Å². The first-order chi connectivity index (χ1) is 11.0. The van der Waals surface area contributed by atoms with Crippen molar-refractivity contribution in [3.63, 3.8) is 0 Å². The molecule has 0 saturated heterocycles. The Kier molecular flexibility index (Phi) is 6.46. The first kappa shape index (κ1) is 17.8. The van der Waals surface area contributed by atoms with E-state index in [2.05, 4.69) is 24.1 Å². The predicted molar refractivity (Wildman–Crippen MR) is 96.0 cm³/mol. The zero-order chi connectivity index (χ0) is 16.8.